The molecule has 0 N–H and O–H groups in total. The zero-order valence-corrected chi connectivity index (χ0v) is 16.4. The third-order valence-electron chi connectivity index (χ3n) is 4.33. The fraction of sp³-hybridized carbons (Fsp3) is 0.545. The molecular formula is C22H33NO. The number of nitrogens with zero attached hydrogens (tertiary/aromatic N) is 1. The SMILES string of the molecule is CCC/C=C(\N=C(/C)C(C)C)c1ccc(C(=O)C(C)C)c(CC)c1. The summed E-state index contributed by atoms with van der Waals surface area (Å²) in [6.45, 7) is 14.6. The van der Waals surface area contributed by atoms with Gasteiger partial charge >= 0.3 is 0 Å². The highest BCUT2D eigenvalue weighted by Crippen LogP contribution is 2.24. The molecule has 0 heterocycles. The molecule has 0 unspecified atom stereocenters. The lowest BCUT2D eigenvalue weighted by Gasteiger charge is -2.13. The Morgan fingerprint density at radius 1 is 1.12 bits per heavy atom. The molecule has 0 spiro atoms. The molecule has 24 heavy (non-hydrogen) atoms. The second kappa shape index (κ2) is 9.56. The maximum atomic E-state index is 12.4. The highest BCUT2D eigenvalue weighted by atomic mass is 16.1. The minimum Gasteiger partial charge on any atom is -0.294 e. The fourth-order valence-corrected chi connectivity index (χ4v) is 2.43. The van der Waals surface area contributed by atoms with Gasteiger partial charge in [0.25, 0.3) is 0 Å². The zero-order chi connectivity index (χ0) is 18.3. The zero-order valence-electron chi connectivity index (χ0n) is 16.4. The number of hydrogen-bond acceptors (Lipinski definition) is 2. The number of hydrogen-bond donors (Lipinski definition) is 0. The van der Waals surface area contributed by atoms with Gasteiger partial charge in [-0.05, 0) is 37.3 Å². The fourth-order valence-electron chi connectivity index (χ4n) is 2.43. The van der Waals surface area contributed by atoms with Crippen LogP contribution in [-0.4, -0.2) is 11.5 Å². The Kier molecular flexibility index (Phi) is 8.10. The van der Waals surface area contributed by atoms with Gasteiger partial charge in [-0.15, -0.1) is 0 Å². The van der Waals surface area contributed by atoms with Crippen LogP contribution in [0.25, 0.3) is 5.70 Å². The Morgan fingerprint density at radius 3 is 2.29 bits per heavy atom. The molecule has 0 fully saturated rings. The van der Waals surface area contributed by atoms with Gasteiger partial charge in [-0.3, -0.25) is 9.79 Å². The van der Waals surface area contributed by atoms with Crippen LogP contribution in [0.4, 0.5) is 0 Å². The maximum Gasteiger partial charge on any atom is 0.165 e. The second-order valence-corrected chi connectivity index (χ2v) is 7.03. The summed E-state index contributed by atoms with van der Waals surface area (Å²) < 4.78 is 0. The van der Waals surface area contributed by atoms with Crippen molar-refractivity contribution in [2.24, 2.45) is 16.8 Å². The minimum atomic E-state index is 0.0254. The van der Waals surface area contributed by atoms with E-state index in [0.29, 0.717) is 5.92 Å². The molecule has 2 nitrogen and oxygen atoms in total. The van der Waals surface area contributed by atoms with Crippen molar-refractivity contribution in [3.63, 3.8) is 0 Å². The Labute approximate surface area is 148 Å². The first kappa shape index (κ1) is 20.3. The summed E-state index contributed by atoms with van der Waals surface area (Å²) >= 11 is 0. The average Bonchev–Trinajstić information content (AvgIpc) is 2.56. The summed E-state index contributed by atoms with van der Waals surface area (Å²) in [6, 6.07) is 6.18. The molecule has 0 saturated heterocycles. The summed E-state index contributed by atoms with van der Waals surface area (Å²) in [5.41, 5.74) is 5.25. The molecule has 1 aromatic carbocycles. The van der Waals surface area contributed by atoms with E-state index in [4.69, 9.17) is 4.99 Å². The second-order valence-electron chi connectivity index (χ2n) is 7.03. The van der Waals surface area contributed by atoms with Gasteiger partial charge in [0.2, 0.25) is 0 Å². The van der Waals surface area contributed by atoms with Crippen LogP contribution in [0.1, 0.15) is 82.8 Å². The first-order chi connectivity index (χ1) is 11.3. The number of aryl methyl sites for hydroxylation is 1. The van der Waals surface area contributed by atoms with Gasteiger partial charge in [0, 0.05) is 22.8 Å². The number of rotatable bonds is 8. The largest absolute Gasteiger partial charge is 0.294 e. The Morgan fingerprint density at radius 2 is 1.79 bits per heavy atom. The number of unbranched alkanes of at least 4 members (excludes halogenated alkanes) is 1. The summed E-state index contributed by atoms with van der Waals surface area (Å²) in [5, 5.41) is 0. The summed E-state index contributed by atoms with van der Waals surface area (Å²) in [7, 11) is 0. The van der Waals surface area contributed by atoms with Crippen LogP contribution < -0.4 is 0 Å². The third-order valence-corrected chi connectivity index (χ3v) is 4.33. The van der Waals surface area contributed by atoms with Crippen molar-refractivity contribution in [1.29, 1.82) is 0 Å². The summed E-state index contributed by atoms with van der Waals surface area (Å²) in [4.78, 5) is 17.3. The predicted octanol–water partition coefficient (Wildman–Crippen LogP) is 6.35. The first-order valence-electron chi connectivity index (χ1n) is 9.24. The van der Waals surface area contributed by atoms with Crippen molar-refractivity contribution in [3.8, 4) is 0 Å². The van der Waals surface area contributed by atoms with Gasteiger partial charge in [-0.25, -0.2) is 0 Å². The molecule has 0 atom stereocenters. The van der Waals surface area contributed by atoms with E-state index in [-0.39, 0.29) is 11.7 Å². The topological polar surface area (TPSA) is 29.4 Å². The number of carbonyl (C=O) groups is 1. The molecule has 2 heteroatoms. The van der Waals surface area contributed by atoms with Crippen LogP contribution in [0, 0.1) is 11.8 Å². The molecule has 0 amide bonds. The molecular weight excluding hydrogens is 294 g/mol. The lowest BCUT2D eigenvalue weighted by Crippen LogP contribution is -2.10. The van der Waals surface area contributed by atoms with Gasteiger partial charge in [-0.1, -0.05) is 66.2 Å². The van der Waals surface area contributed by atoms with Crippen LogP contribution in [-0.2, 0) is 6.42 Å². The Bertz CT molecular complexity index is 621. The monoisotopic (exact) mass is 327 g/mol. The van der Waals surface area contributed by atoms with Gasteiger partial charge < -0.3 is 0 Å². The van der Waals surface area contributed by atoms with Crippen LogP contribution in [0.2, 0.25) is 0 Å². The molecule has 0 aromatic heterocycles. The number of allylic oxidation sites excluding steroid dienone is 1. The van der Waals surface area contributed by atoms with E-state index in [2.05, 4.69) is 46.8 Å². The quantitative estimate of drug-likeness (QED) is 0.404. The van der Waals surface area contributed by atoms with Crippen LogP contribution in [0.5, 0.6) is 0 Å². The average molecular weight is 328 g/mol. The van der Waals surface area contributed by atoms with E-state index in [0.717, 1.165) is 47.4 Å². The van der Waals surface area contributed by atoms with E-state index < -0.39 is 0 Å². The molecule has 1 rings (SSSR count). The smallest absolute Gasteiger partial charge is 0.165 e. The van der Waals surface area contributed by atoms with Gasteiger partial charge in [0.1, 0.15) is 0 Å². The van der Waals surface area contributed by atoms with Gasteiger partial charge in [0.05, 0.1) is 5.70 Å². The van der Waals surface area contributed by atoms with Crippen molar-refractivity contribution >= 4 is 17.2 Å². The molecule has 0 aliphatic carbocycles. The van der Waals surface area contributed by atoms with Crippen molar-refractivity contribution in [2.75, 3.05) is 0 Å². The summed E-state index contributed by atoms with van der Waals surface area (Å²) in [6.07, 6.45) is 5.18. The molecule has 132 valence electrons. The van der Waals surface area contributed by atoms with Gasteiger partial charge in [-0.2, -0.15) is 0 Å². The highest BCUT2D eigenvalue weighted by molar-refractivity contribution is 5.99. The number of carbonyl (C=O) groups excluding carboxylic acids is 1. The summed E-state index contributed by atoms with van der Waals surface area (Å²) in [5.74, 6) is 0.680. The number of aliphatic imine (C=N–C) groups is 1. The Balaban J connectivity index is 3.35. The van der Waals surface area contributed by atoms with E-state index >= 15 is 0 Å². The molecule has 0 bridgehead atoms. The van der Waals surface area contributed by atoms with Gasteiger partial charge in [0.15, 0.2) is 5.78 Å². The van der Waals surface area contributed by atoms with E-state index in [9.17, 15) is 4.79 Å². The molecule has 0 aliphatic rings. The van der Waals surface area contributed by atoms with Crippen molar-refractivity contribution in [2.45, 2.75) is 67.7 Å². The molecule has 0 aliphatic heterocycles. The molecule has 0 saturated carbocycles. The van der Waals surface area contributed by atoms with Crippen LogP contribution in [0.3, 0.4) is 0 Å². The Hall–Kier alpha value is -1.70. The lowest BCUT2D eigenvalue weighted by atomic mass is 9.93. The number of Topliss-reactive ketones (excluding diaryl/α,β-unsaturated/α-hetero) is 1. The van der Waals surface area contributed by atoms with Crippen molar-refractivity contribution in [3.05, 3.63) is 41.0 Å². The van der Waals surface area contributed by atoms with Crippen LogP contribution >= 0.6 is 0 Å². The molecule has 0 radical (unpaired) electrons. The predicted molar refractivity (Wildman–Crippen MR) is 106 cm³/mol. The maximum absolute atomic E-state index is 12.4. The third kappa shape index (κ3) is 5.43. The van der Waals surface area contributed by atoms with Crippen LogP contribution in [0.15, 0.2) is 29.3 Å². The minimum absolute atomic E-state index is 0.0254. The van der Waals surface area contributed by atoms with Crippen molar-refractivity contribution < 1.29 is 4.79 Å². The van der Waals surface area contributed by atoms with E-state index in [1.54, 1.807) is 0 Å². The standard InChI is InChI=1S/C22H33NO/c1-8-10-11-21(23-17(7)15(3)4)19-12-13-20(18(9-2)14-19)22(24)16(5)6/h11-16H,8-10H2,1-7H3/b21-11-,23-17+. The molecule has 1 aromatic rings. The highest BCUT2D eigenvalue weighted by Gasteiger charge is 2.15. The first-order valence-corrected chi connectivity index (χ1v) is 9.24. The number of benzene rings is 1. The lowest BCUT2D eigenvalue weighted by molar-refractivity contribution is 0.0938. The van der Waals surface area contributed by atoms with E-state index in [1.165, 1.54) is 0 Å². The van der Waals surface area contributed by atoms with Crippen molar-refractivity contribution in [1.82, 2.24) is 0 Å². The van der Waals surface area contributed by atoms with E-state index in [1.807, 2.05) is 26.0 Å². The number of ketones is 1. The normalized spacial score (nSPS) is 13.0.